The van der Waals surface area contributed by atoms with Gasteiger partial charge in [-0.1, -0.05) is 12.1 Å². The molecule has 2 aliphatic rings. The van der Waals surface area contributed by atoms with Crippen LogP contribution in [0.5, 0.6) is 0 Å². The Kier molecular flexibility index (Phi) is 5.98. The van der Waals surface area contributed by atoms with Gasteiger partial charge in [0.15, 0.2) is 0 Å². The van der Waals surface area contributed by atoms with Gasteiger partial charge in [-0.25, -0.2) is 10.3 Å². The molecule has 1 saturated heterocycles. The summed E-state index contributed by atoms with van der Waals surface area (Å²) in [5.74, 6) is -1.68. The lowest BCUT2D eigenvalue weighted by atomic mass is 9.89. The first kappa shape index (κ1) is 22.6. The number of nitrogens with one attached hydrogen (secondary N) is 1. The van der Waals surface area contributed by atoms with E-state index in [1.54, 1.807) is 19.1 Å². The van der Waals surface area contributed by atoms with E-state index in [2.05, 4.69) is 20.6 Å². The molecule has 2 aliphatic heterocycles. The molecule has 9 heteroatoms. The van der Waals surface area contributed by atoms with E-state index in [1.807, 2.05) is 29.2 Å². The Balaban J connectivity index is 1.43. The number of anilines is 2. The van der Waals surface area contributed by atoms with Crippen molar-refractivity contribution in [1.29, 1.82) is 0 Å². The van der Waals surface area contributed by atoms with Crippen LogP contribution in [0.25, 0.3) is 17.3 Å². The third kappa shape index (κ3) is 4.62. The summed E-state index contributed by atoms with van der Waals surface area (Å²) in [5.41, 5.74) is 2.90. The van der Waals surface area contributed by atoms with E-state index in [4.69, 9.17) is 0 Å². The number of hydrogen-bond donors (Lipinski definition) is 1. The first-order valence-corrected chi connectivity index (χ1v) is 11.3. The molecule has 0 atom stereocenters. The van der Waals surface area contributed by atoms with Crippen molar-refractivity contribution in [3.05, 3.63) is 77.3 Å². The second-order valence-electron chi connectivity index (χ2n) is 8.57. The second kappa shape index (κ2) is 9.25. The molecule has 3 aromatic rings. The highest BCUT2D eigenvalue weighted by molar-refractivity contribution is 6.05. The van der Waals surface area contributed by atoms with Crippen LogP contribution < -0.4 is 10.6 Å². The summed E-state index contributed by atoms with van der Waals surface area (Å²) < 4.78 is 27.7. The smallest absolute Gasteiger partial charge is 0.281 e. The van der Waals surface area contributed by atoms with E-state index < -0.39 is 17.8 Å². The molecule has 0 bridgehead atoms. The van der Waals surface area contributed by atoms with Crippen LogP contribution in [0.1, 0.15) is 47.2 Å². The van der Waals surface area contributed by atoms with E-state index in [1.165, 1.54) is 17.8 Å². The van der Waals surface area contributed by atoms with E-state index in [0.29, 0.717) is 17.2 Å². The maximum atomic E-state index is 14.4. The number of carbonyl (C=O) groups excluding carboxylic acids is 2. The molecule has 2 aromatic heterocycles. The monoisotopic (exact) mass is 474 g/mol. The Labute approximate surface area is 200 Å². The molecule has 1 aromatic carbocycles. The molecule has 0 aliphatic carbocycles. The molecule has 35 heavy (non-hydrogen) atoms. The van der Waals surface area contributed by atoms with E-state index in [-0.39, 0.29) is 28.5 Å². The van der Waals surface area contributed by atoms with E-state index in [0.717, 1.165) is 32.0 Å². The summed E-state index contributed by atoms with van der Waals surface area (Å²) in [6.45, 7) is 3.09. The topological polar surface area (TPSA) is 89.3 Å². The summed E-state index contributed by atoms with van der Waals surface area (Å²) in [6.07, 6.45) is 4.83. The van der Waals surface area contributed by atoms with Crippen molar-refractivity contribution in [2.45, 2.75) is 25.7 Å². The number of halogens is 2. The van der Waals surface area contributed by atoms with Gasteiger partial charge >= 0.3 is 0 Å². The lowest BCUT2D eigenvalue weighted by Crippen LogP contribution is -2.36. The van der Waals surface area contributed by atoms with Gasteiger partial charge in [0, 0.05) is 31.9 Å². The SMILES string of the molecule is CC(=O)N1CCC(c2ccc(Nc3nc(-c4ccc(F)nc4F)cc4c3C(=O)[N]C=C4)cc2)CC1. The average Bonchev–Trinajstić information content (AvgIpc) is 2.84. The Morgan fingerprint density at radius 2 is 1.80 bits per heavy atom. The molecule has 4 heterocycles. The lowest BCUT2D eigenvalue weighted by Gasteiger charge is -2.31. The van der Waals surface area contributed by atoms with Crippen LogP contribution in [-0.4, -0.2) is 39.8 Å². The fourth-order valence-corrected chi connectivity index (χ4v) is 4.51. The quantitative estimate of drug-likeness (QED) is 0.558. The number of likely N-dealkylation sites (tertiary alicyclic amines) is 1. The molecular formula is C26H22F2N5O2. The third-order valence-electron chi connectivity index (χ3n) is 6.39. The van der Waals surface area contributed by atoms with Crippen LogP contribution in [0.2, 0.25) is 0 Å². The number of piperidine rings is 1. The zero-order valence-electron chi connectivity index (χ0n) is 19.0. The standard InChI is InChI=1S/C26H22F2N5O2/c1-15(34)33-12-9-17(10-13-33)16-2-4-19(5-3-16)30-25-23-18(8-11-29-26(23)35)14-21(31-25)20-6-7-22(27)32-24(20)28/h2-8,11,14,17H,9-10,12-13H2,1H3,(H,30,31). The lowest BCUT2D eigenvalue weighted by molar-refractivity contribution is -0.129. The fraction of sp³-hybridized carbons (Fsp3) is 0.231. The molecule has 177 valence electrons. The third-order valence-corrected chi connectivity index (χ3v) is 6.39. The molecule has 1 radical (unpaired) electrons. The molecule has 0 saturated carbocycles. The van der Waals surface area contributed by atoms with Gasteiger partial charge in [-0.3, -0.25) is 9.59 Å². The van der Waals surface area contributed by atoms with Crippen molar-refractivity contribution in [1.82, 2.24) is 20.2 Å². The van der Waals surface area contributed by atoms with Crippen LogP contribution >= 0.6 is 0 Å². The largest absolute Gasteiger partial charge is 0.343 e. The predicted octanol–water partition coefficient (Wildman–Crippen LogP) is 4.62. The minimum Gasteiger partial charge on any atom is -0.343 e. The van der Waals surface area contributed by atoms with Crippen molar-refractivity contribution in [2.75, 3.05) is 18.4 Å². The molecular weight excluding hydrogens is 452 g/mol. The Bertz CT molecular complexity index is 1330. The summed E-state index contributed by atoms with van der Waals surface area (Å²) in [5, 5.41) is 7.00. The van der Waals surface area contributed by atoms with Crippen molar-refractivity contribution >= 4 is 29.4 Å². The molecule has 2 amide bonds. The zero-order chi connectivity index (χ0) is 24.5. The summed E-state index contributed by atoms with van der Waals surface area (Å²) >= 11 is 0. The normalized spacial score (nSPS) is 15.5. The Morgan fingerprint density at radius 3 is 2.49 bits per heavy atom. The predicted molar refractivity (Wildman–Crippen MR) is 127 cm³/mol. The first-order valence-electron chi connectivity index (χ1n) is 11.3. The van der Waals surface area contributed by atoms with Crippen LogP contribution in [-0.2, 0) is 4.79 Å². The maximum absolute atomic E-state index is 14.4. The van der Waals surface area contributed by atoms with Gasteiger partial charge in [0.05, 0.1) is 16.8 Å². The van der Waals surface area contributed by atoms with Crippen molar-refractivity contribution < 1.29 is 18.4 Å². The maximum Gasteiger partial charge on any atom is 0.281 e. The van der Waals surface area contributed by atoms with Gasteiger partial charge < -0.3 is 10.2 Å². The van der Waals surface area contributed by atoms with Gasteiger partial charge in [0.2, 0.25) is 17.8 Å². The highest BCUT2D eigenvalue weighted by Gasteiger charge is 2.24. The second-order valence-corrected chi connectivity index (χ2v) is 8.57. The van der Waals surface area contributed by atoms with E-state index in [9.17, 15) is 18.4 Å². The number of nitrogens with zero attached hydrogens (tertiary/aromatic N) is 4. The highest BCUT2D eigenvalue weighted by atomic mass is 19.1. The first-order chi connectivity index (χ1) is 16.9. The van der Waals surface area contributed by atoms with Crippen molar-refractivity contribution in [3.63, 3.8) is 0 Å². The molecule has 5 rings (SSSR count). The number of rotatable bonds is 4. The van der Waals surface area contributed by atoms with Crippen LogP contribution in [0.15, 0.2) is 48.7 Å². The van der Waals surface area contributed by atoms with Gasteiger partial charge in [0.25, 0.3) is 5.91 Å². The van der Waals surface area contributed by atoms with Crippen molar-refractivity contribution in [2.24, 2.45) is 0 Å². The van der Waals surface area contributed by atoms with Gasteiger partial charge in [-0.15, -0.1) is 0 Å². The molecule has 7 nitrogen and oxygen atoms in total. The minimum absolute atomic E-state index is 0.0212. The summed E-state index contributed by atoms with van der Waals surface area (Å²) in [6, 6.07) is 11.7. The fourth-order valence-electron chi connectivity index (χ4n) is 4.51. The van der Waals surface area contributed by atoms with Crippen molar-refractivity contribution in [3.8, 4) is 11.3 Å². The summed E-state index contributed by atoms with van der Waals surface area (Å²) in [4.78, 5) is 33.7. The Morgan fingerprint density at radius 1 is 1.06 bits per heavy atom. The van der Waals surface area contributed by atoms with Crippen LogP contribution in [0.4, 0.5) is 20.3 Å². The van der Waals surface area contributed by atoms with Gasteiger partial charge in [-0.2, -0.15) is 13.8 Å². The number of amides is 2. The zero-order valence-corrected chi connectivity index (χ0v) is 19.0. The molecule has 0 unspecified atom stereocenters. The molecule has 0 spiro atoms. The number of fused-ring (bicyclic) bond motifs is 1. The number of pyridine rings is 2. The van der Waals surface area contributed by atoms with Gasteiger partial charge in [-0.05, 0) is 66.3 Å². The number of hydrogen-bond acceptors (Lipinski definition) is 5. The minimum atomic E-state index is -0.987. The number of carbonyl (C=O) groups is 2. The Hall–Kier alpha value is -4.14. The summed E-state index contributed by atoms with van der Waals surface area (Å²) in [7, 11) is 0. The number of aromatic nitrogens is 2. The van der Waals surface area contributed by atoms with E-state index >= 15 is 0 Å². The molecule has 1 N–H and O–H groups in total. The average molecular weight is 474 g/mol. The van der Waals surface area contributed by atoms with Crippen LogP contribution in [0, 0.1) is 11.9 Å². The van der Waals surface area contributed by atoms with Gasteiger partial charge in [0.1, 0.15) is 5.82 Å². The molecule has 1 fully saturated rings. The highest BCUT2D eigenvalue weighted by Crippen LogP contribution is 2.33. The number of benzene rings is 1. The van der Waals surface area contributed by atoms with Crippen LogP contribution in [0.3, 0.4) is 0 Å².